The molecule has 1 atom stereocenters. The van der Waals surface area contributed by atoms with Crippen LogP contribution in [0.3, 0.4) is 0 Å². The Bertz CT molecular complexity index is 598. The van der Waals surface area contributed by atoms with Crippen molar-refractivity contribution in [2.45, 2.75) is 19.6 Å². The van der Waals surface area contributed by atoms with Crippen molar-refractivity contribution in [2.24, 2.45) is 0 Å². The summed E-state index contributed by atoms with van der Waals surface area (Å²) in [6, 6.07) is 8.85. The fraction of sp³-hybridized carbons (Fsp3) is 0.200. The Labute approximate surface area is 119 Å². The Morgan fingerprint density at radius 1 is 1.00 bits per heavy atom. The van der Waals surface area contributed by atoms with Crippen LogP contribution in [0.1, 0.15) is 18.5 Å². The highest BCUT2D eigenvalue weighted by atomic mass is 19.3. The zero-order valence-corrected chi connectivity index (χ0v) is 11.1. The topological polar surface area (TPSA) is 21.3 Å². The summed E-state index contributed by atoms with van der Waals surface area (Å²) in [7, 11) is 0. The molecule has 2 aromatic rings. The molecule has 112 valence electrons. The molecule has 2 rings (SSSR count). The van der Waals surface area contributed by atoms with Gasteiger partial charge in [-0.15, -0.1) is 0 Å². The molecule has 0 saturated carbocycles. The Kier molecular flexibility index (Phi) is 4.67. The maximum absolute atomic E-state index is 13.1. The van der Waals surface area contributed by atoms with Crippen molar-refractivity contribution in [3.8, 4) is 5.75 Å². The zero-order chi connectivity index (χ0) is 15.4. The molecule has 1 N–H and O–H groups in total. The molecule has 21 heavy (non-hydrogen) atoms. The summed E-state index contributed by atoms with van der Waals surface area (Å²) in [5.41, 5.74) is 0.915. The zero-order valence-electron chi connectivity index (χ0n) is 11.1. The van der Waals surface area contributed by atoms with Crippen molar-refractivity contribution in [3.05, 3.63) is 59.7 Å². The van der Waals surface area contributed by atoms with Crippen LogP contribution in [0.4, 0.5) is 23.2 Å². The van der Waals surface area contributed by atoms with Gasteiger partial charge in [0.2, 0.25) is 0 Å². The second-order valence-corrected chi connectivity index (χ2v) is 4.48. The predicted molar refractivity (Wildman–Crippen MR) is 71.5 cm³/mol. The van der Waals surface area contributed by atoms with Gasteiger partial charge in [-0.2, -0.15) is 8.78 Å². The lowest BCUT2D eigenvalue weighted by atomic mass is 10.1. The molecule has 2 nitrogen and oxygen atoms in total. The largest absolute Gasteiger partial charge is 0.435 e. The van der Waals surface area contributed by atoms with Crippen LogP contribution in [0.5, 0.6) is 5.75 Å². The predicted octanol–water partition coefficient (Wildman–Crippen LogP) is 4.74. The van der Waals surface area contributed by atoms with Crippen LogP contribution < -0.4 is 10.1 Å². The van der Waals surface area contributed by atoms with E-state index in [0.717, 1.165) is 18.2 Å². The van der Waals surface area contributed by atoms with Crippen LogP contribution in [0, 0.1) is 11.6 Å². The SMILES string of the molecule is CC(Nc1cc(F)cc(F)c1)c1cccc(OC(F)F)c1. The highest BCUT2D eigenvalue weighted by Gasteiger charge is 2.10. The molecule has 0 aliphatic rings. The van der Waals surface area contributed by atoms with Crippen molar-refractivity contribution in [2.75, 3.05) is 5.32 Å². The van der Waals surface area contributed by atoms with Gasteiger partial charge in [0.25, 0.3) is 0 Å². The maximum Gasteiger partial charge on any atom is 0.387 e. The van der Waals surface area contributed by atoms with Crippen molar-refractivity contribution in [1.29, 1.82) is 0 Å². The number of hydrogen-bond acceptors (Lipinski definition) is 2. The maximum atomic E-state index is 13.1. The summed E-state index contributed by atoms with van der Waals surface area (Å²) in [6.45, 7) is -1.16. The van der Waals surface area contributed by atoms with Crippen LogP contribution in [0.2, 0.25) is 0 Å². The molecule has 0 radical (unpaired) electrons. The molecule has 0 bridgehead atoms. The van der Waals surface area contributed by atoms with Crippen LogP contribution in [-0.2, 0) is 0 Å². The lowest BCUT2D eigenvalue weighted by molar-refractivity contribution is -0.0498. The second kappa shape index (κ2) is 6.47. The minimum absolute atomic E-state index is 0.0292. The van der Waals surface area contributed by atoms with Crippen LogP contribution in [0.15, 0.2) is 42.5 Å². The minimum atomic E-state index is -2.90. The number of anilines is 1. The number of benzene rings is 2. The quantitative estimate of drug-likeness (QED) is 0.805. The molecule has 0 aliphatic heterocycles. The fourth-order valence-electron chi connectivity index (χ4n) is 1.93. The lowest BCUT2D eigenvalue weighted by Gasteiger charge is -2.17. The van der Waals surface area contributed by atoms with Crippen molar-refractivity contribution >= 4 is 5.69 Å². The van der Waals surface area contributed by atoms with Gasteiger partial charge in [-0.05, 0) is 36.8 Å². The monoisotopic (exact) mass is 299 g/mol. The van der Waals surface area contributed by atoms with Gasteiger partial charge >= 0.3 is 6.61 Å². The highest BCUT2D eigenvalue weighted by Crippen LogP contribution is 2.24. The Morgan fingerprint density at radius 2 is 1.67 bits per heavy atom. The molecule has 0 aromatic heterocycles. The summed E-state index contributed by atoms with van der Waals surface area (Å²) in [5, 5.41) is 2.90. The molecule has 0 spiro atoms. The van der Waals surface area contributed by atoms with E-state index >= 15 is 0 Å². The van der Waals surface area contributed by atoms with E-state index in [0.29, 0.717) is 5.56 Å². The molecule has 0 heterocycles. The van der Waals surface area contributed by atoms with E-state index in [2.05, 4.69) is 10.1 Å². The first-order valence-electron chi connectivity index (χ1n) is 6.21. The van der Waals surface area contributed by atoms with E-state index in [4.69, 9.17) is 0 Å². The fourth-order valence-corrected chi connectivity index (χ4v) is 1.93. The van der Waals surface area contributed by atoms with Crippen molar-refractivity contribution in [3.63, 3.8) is 0 Å². The van der Waals surface area contributed by atoms with E-state index in [1.165, 1.54) is 12.1 Å². The normalized spacial score (nSPS) is 12.3. The van der Waals surface area contributed by atoms with Gasteiger partial charge in [0.15, 0.2) is 0 Å². The Balaban J connectivity index is 2.14. The summed E-state index contributed by atoms with van der Waals surface area (Å²) in [4.78, 5) is 0. The standard InChI is InChI=1S/C15H13F4NO/c1-9(20-13-7-11(16)6-12(17)8-13)10-3-2-4-14(5-10)21-15(18)19/h2-9,15,20H,1H3. The third kappa shape index (κ3) is 4.37. The summed E-state index contributed by atoms with van der Waals surface area (Å²) in [5.74, 6) is -1.36. The number of rotatable bonds is 5. The second-order valence-electron chi connectivity index (χ2n) is 4.48. The van der Waals surface area contributed by atoms with E-state index in [9.17, 15) is 17.6 Å². The first-order chi connectivity index (χ1) is 9.94. The van der Waals surface area contributed by atoms with E-state index in [-0.39, 0.29) is 17.5 Å². The highest BCUT2D eigenvalue weighted by molar-refractivity contribution is 5.46. The molecular formula is C15H13F4NO. The molecule has 2 aromatic carbocycles. The van der Waals surface area contributed by atoms with Gasteiger partial charge in [0.1, 0.15) is 17.4 Å². The van der Waals surface area contributed by atoms with E-state index in [1.54, 1.807) is 19.1 Å². The number of halogens is 4. The minimum Gasteiger partial charge on any atom is -0.435 e. The van der Waals surface area contributed by atoms with Crippen LogP contribution in [-0.4, -0.2) is 6.61 Å². The summed E-state index contributed by atoms with van der Waals surface area (Å²) < 4.78 is 54.9. The third-order valence-electron chi connectivity index (χ3n) is 2.83. The van der Waals surface area contributed by atoms with Crippen LogP contribution in [0.25, 0.3) is 0 Å². The molecule has 0 amide bonds. The number of hydrogen-bond donors (Lipinski definition) is 1. The van der Waals surface area contributed by atoms with Gasteiger partial charge in [0, 0.05) is 17.8 Å². The average Bonchev–Trinajstić information content (AvgIpc) is 2.36. The third-order valence-corrected chi connectivity index (χ3v) is 2.83. The smallest absolute Gasteiger partial charge is 0.387 e. The molecule has 1 unspecified atom stereocenters. The average molecular weight is 299 g/mol. The van der Waals surface area contributed by atoms with E-state index in [1.807, 2.05) is 0 Å². The van der Waals surface area contributed by atoms with E-state index < -0.39 is 18.2 Å². The van der Waals surface area contributed by atoms with Gasteiger partial charge in [-0.1, -0.05) is 12.1 Å². The molecule has 0 saturated heterocycles. The molecule has 0 aliphatic carbocycles. The summed E-state index contributed by atoms with van der Waals surface area (Å²) >= 11 is 0. The summed E-state index contributed by atoms with van der Waals surface area (Å²) in [6.07, 6.45) is 0. The Morgan fingerprint density at radius 3 is 2.29 bits per heavy atom. The lowest BCUT2D eigenvalue weighted by Crippen LogP contribution is -2.08. The number of alkyl halides is 2. The number of ether oxygens (including phenoxy) is 1. The van der Waals surface area contributed by atoms with Crippen molar-refractivity contribution in [1.82, 2.24) is 0 Å². The molecule has 0 fully saturated rings. The van der Waals surface area contributed by atoms with Crippen molar-refractivity contribution < 1.29 is 22.3 Å². The molecular weight excluding hydrogens is 286 g/mol. The molecule has 6 heteroatoms. The van der Waals surface area contributed by atoms with Gasteiger partial charge < -0.3 is 10.1 Å². The Hall–Kier alpha value is -2.24. The first kappa shape index (κ1) is 15.2. The van der Waals surface area contributed by atoms with Crippen LogP contribution >= 0.6 is 0 Å². The van der Waals surface area contributed by atoms with Gasteiger partial charge in [0.05, 0.1) is 0 Å². The van der Waals surface area contributed by atoms with Gasteiger partial charge in [-0.25, -0.2) is 8.78 Å². The first-order valence-corrected chi connectivity index (χ1v) is 6.21. The number of nitrogens with one attached hydrogen (secondary N) is 1. The van der Waals surface area contributed by atoms with Gasteiger partial charge in [-0.3, -0.25) is 0 Å².